The number of nitrogens with one attached hydrogen (secondary N) is 3. The first-order chi connectivity index (χ1) is 13.0. The molecule has 0 fully saturated rings. The van der Waals surface area contributed by atoms with Crippen molar-refractivity contribution in [2.45, 2.75) is 19.5 Å². The van der Waals surface area contributed by atoms with Gasteiger partial charge in [0.25, 0.3) is 0 Å². The number of amides is 3. The Kier molecular flexibility index (Phi) is 5.36. The lowest BCUT2D eigenvalue weighted by molar-refractivity contribution is -0.141. The van der Waals surface area contributed by atoms with Crippen LogP contribution in [-0.2, 0) is 27.5 Å². The number of hydrogen-bond donors (Lipinski definition) is 3. The zero-order chi connectivity index (χ0) is 19.2. The highest BCUT2D eigenvalue weighted by Crippen LogP contribution is 2.11. The fourth-order valence-electron chi connectivity index (χ4n) is 2.35. The highest BCUT2D eigenvalue weighted by atomic mass is 16.4. The van der Waals surface area contributed by atoms with Gasteiger partial charge in [-0.3, -0.25) is 29.8 Å². The van der Waals surface area contributed by atoms with Crippen LogP contribution in [0.1, 0.15) is 12.2 Å². The zero-order valence-corrected chi connectivity index (χ0v) is 14.1. The number of hydrogen-bond acceptors (Lipinski definition) is 6. The van der Waals surface area contributed by atoms with Crippen LogP contribution in [0.25, 0.3) is 11.1 Å². The SMILES string of the molecule is O=C(CCn1c(=O)oc2ccccc21)NNC(=O)C(=O)NCc1ccco1. The topological polar surface area (TPSA) is 136 Å². The van der Waals surface area contributed by atoms with Gasteiger partial charge < -0.3 is 14.2 Å². The Balaban J connectivity index is 1.45. The number of carbonyl (C=O) groups excluding carboxylic acids is 3. The van der Waals surface area contributed by atoms with Crippen LogP contribution >= 0.6 is 0 Å². The molecule has 0 saturated carbocycles. The lowest BCUT2D eigenvalue weighted by Crippen LogP contribution is -2.48. The van der Waals surface area contributed by atoms with Gasteiger partial charge in [0.2, 0.25) is 5.91 Å². The molecule has 3 rings (SSSR count). The predicted molar refractivity (Wildman–Crippen MR) is 91.9 cm³/mol. The van der Waals surface area contributed by atoms with Crippen LogP contribution < -0.4 is 21.9 Å². The largest absolute Gasteiger partial charge is 0.467 e. The number of aromatic nitrogens is 1. The highest BCUT2D eigenvalue weighted by molar-refractivity contribution is 6.35. The minimum Gasteiger partial charge on any atom is -0.467 e. The summed E-state index contributed by atoms with van der Waals surface area (Å²) in [6, 6.07) is 10.1. The van der Waals surface area contributed by atoms with Crippen molar-refractivity contribution in [3.8, 4) is 0 Å². The molecule has 0 aliphatic heterocycles. The Morgan fingerprint density at radius 1 is 1.00 bits per heavy atom. The van der Waals surface area contributed by atoms with E-state index in [1.165, 1.54) is 10.8 Å². The molecule has 0 radical (unpaired) electrons. The molecule has 0 atom stereocenters. The first kappa shape index (κ1) is 18.0. The van der Waals surface area contributed by atoms with Crippen molar-refractivity contribution in [2.24, 2.45) is 0 Å². The van der Waals surface area contributed by atoms with Gasteiger partial charge in [0.1, 0.15) is 5.76 Å². The van der Waals surface area contributed by atoms with Crippen LogP contribution in [0.2, 0.25) is 0 Å². The van der Waals surface area contributed by atoms with Crippen LogP contribution in [0.4, 0.5) is 0 Å². The predicted octanol–water partition coefficient (Wildman–Crippen LogP) is 0.0414. The molecule has 0 bridgehead atoms. The minimum atomic E-state index is -1.03. The normalized spacial score (nSPS) is 10.5. The molecular weight excluding hydrogens is 356 g/mol. The zero-order valence-electron chi connectivity index (χ0n) is 14.1. The molecule has 27 heavy (non-hydrogen) atoms. The molecule has 140 valence electrons. The van der Waals surface area contributed by atoms with E-state index in [9.17, 15) is 19.2 Å². The minimum absolute atomic E-state index is 0.0453. The lowest BCUT2D eigenvalue weighted by atomic mass is 10.3. The fourth-order valence-corrected chi connectivity index (χ4v) is 2.35. The first-order valence-electron chi connectivity index (χ1n) is 8.02. The van der Waals surface area contributed by atoms with Gasteiger partial charge in [-0.2, -0.15) is 0 Å². The maximum absolute atomic E-state index is 11.8. The molecule has 2 heterocycles. The molecule has 0 spiro atoms. The van der Waals surface area contributed by atoms with Gasteiger partial charge in [-0.05, 0) is 24.3 Å². The third-order valence-corrected chi connectivity index (χ3v) is 3.66. The third kappa shape index (κ3) is 4.42. The number of oxazole rings is 1. The summed E-state index contributed by atoms with van der Waals surface area (Å²) >= 11 is 0. The summed E-state index contributed by atoms with van der Waals surface area (Å²) in [5.74, 6) is -2.62. The number of nitrogens with zero attached hydrogens (tertiary/aromatic N) is 1. The van der Waals surface area contributed by atoms with Gasteiger partial charge in [0, 0.05) is 13.0 Å². The van der Waals surface area contributed by atoms with Crippen LogP contribution in [0.15, 0.2) is 56.3 Å². The summed E-state index contributed by atoms with van der Waals surface area (Å²) < 4.78 is 11.4. The molecule has 3 amide bonds. The van der Waals surface area contributed by atoms with E-state index in [2.05, 4.69) is 10.7 Å². The van der Waals surface area contributed by atoms with Crippen molar-refractivity contribution in [2.75, 3.05) is 0 Å². The summed E-state index contributed by atoms with van der Waals surface area (Å²) in [7, 11) is 0. The summed E-state index contributed by atoms with van der Waals surface area (Å²) in [4.78, 5) is 46.9. The van der Waals surface area contributed by atoms with E-state index in [4.69, 9.17) is 8.83 Å². The monoisotopic (exact) mass is 372 g/mol. The summed E-state index contributed by atoms with van der Waals surface area (Å²) in [6.45, 7) is 0.103. The van der Waals surface area contributed by atoms with Gasteiger partial charge in [-0.25, -0.2) is 4.79 Å². The maximum Gasteiger partial charge on any atom is 0.419 e. The average Bonchev–Trinajstić information content (AvgIpc) is 3.29. The van der Waals surface area contributed by atoms with Crippen LogP contribution in [0.3, 0.4) is 0 Å². The quantitative estimate of drug-likeness (QED) is 0.427. The van der Waals surface area contributed by atoms with Crippen molar-refractivity contribution in [1.82, 2.24) is 20.7 Å². The second-order valence-electron chi connectivity index (χ2n) is 5.50. The number of para-hydroxylation sites is 2. The van der Waals surface area contributed by atoms with E-state index in [0.717, 1.165) is 0 Å². The summed E-state index contributed by atoms with van der Waals surface area (Å²) in [6.07, 6.45) is 1.34. The van der Waals surface area contributed by atoms with Crippen molar-refractivity contribution in [1.29, 1.82) is 0 Å². The number of fused-ring (bicyclic) bond motifs is 1. The molecule has 1 aromatic carbocycles. The van der Waals surface area contributed by atoms with E-state index < -0.39 is 23.5 Å². The molecule has 0 unspecified atom stereocenters. The number of aryl methyl sites for hydroxylation is 1. The molecule has 3 aromatic rings. The molecule has 0 aliphatic carbocycles. The second-order valence-corrected chi connectivity index (χ2v) is 5.50. The van der Waals surface area contributed by atoms with Crippen LogP contribution in [0, 0.1) is 0 Å². The Morgan fingerprint density at radius 3 is 2.59 bits per heavy atom. The van der Waals surface area contributed by atoms with E-state index in [-0.39, 0.29) is 19.5 Å². The number of rotatable bonds is 5. The molecular formula is C17H16N4O6. The second kappa shape index (κ2) is 8.04. The molecule has 2 aromatic heterocycles. The van der Waals surface area contributed by atoms with Crippen LogP contribution in [0.5, 0.6) is 0 Å². The van der Waals surface area contributed by atoms with E-state index >= 15 is 0 Å². The van der Waals surface area contributed by atoms with Crippen molar-refractivity contribution in [3.63, 3.8) is 0 Å². The van der Waals surface area contributed by atoms with Gasteiger partial charge in [-0.15, -0.1) is 0 Å². The van der Waals surface area contributed by atoms with Crippen molar-refractivity contribution >= 4 is 28.8 Å². The molecule has 3 N–H and O–H groups in total. The highest BCUT2D eigenvalue weighted by Gasteiger charge is 2.15. The molecule has 10 nitrogen and oxygen atoms in total. The van der Waals surface area contributed by atoms with Crippen LogP contribution in [-0.4, -0.2) is 22.3 Å². The maximum atomic E-state index is 11.8. The van der Waals surface area contributed by atoms with Crippen molar-refractivity contribution < 1.29 is 23.2 Å². The van der Waals surface area contributed by atoms with Gasteiger partial charge in [-0.1, -0.05) is 12.1 Å². The number of furan rings is 1. The smallest absolute Gasteiger partial charge is 0.419 e. The number of hydrazine groups is 1. The number of benzene rings is 1. The van der Waals surface area contributed by atoms with E-state index in [1.54, 1.807) is 36.4 Å². The lowest BCUT2D eigenvalue weighted by Gasteiger charge is -2.07. The average molecular weight is 372 g/mol. The third-order valence-electron chi connectivity index (χ3n) is 3.66. The summed E-state index contributed by atoms with van der Waals surface area (Å²) in [5.41, 5.74) is 5.11. The first-order valence-corrected chi connectivity index (χ1v) is 8.02. The Bertz CT molecular complexity index is 1020. The van der Waals surface area contributed by atoms with E-state index in [1.807, 2.05) is 5.43 Å². The fraction of sp³-hybridized carbons (Fsp3) is 0.176. The molecule has 10 heteroatoms. The Labute approximate surface area is 152 Å². The summed E-state index contributed by atoms with van der Waals surface area (Å²) in [5, 5.41) is 2.34. The number of carbonyl (C=O) groups is 3. The van der Waals surface area contributed by atoms with Gasteiger partial charge in [0.15, 0.2) is 5.58 Å². The Morgan fingerprint density at radius 2 is 1.81 bits per heavy atom. The molecule has 0 aliphatic rings. The standard InChI is InChI=1S/C17H16N4O6/c22-14(7-8-21-12-5-1-2-6-13(12)27-17(21)25)19-20-16(24)15(23)18-10-11-4-3-9-26-11/h1-6,9H,7-8,10H2,(H,18,23)(H,19,22)(H,20,24). The Hall–Kier alpha value is -3.82. The van der Waals surface area contributed by atoms with Gasteiger partial charge in [0.05, 0.1) is 18.3 Å². The molecule has 0 saturated heterocycles. The van der Waals surface area contributed by atoms with Crippen molar-refractivity contribution in [3.05, 3.63) is 59.0 Å². The van der Waals surface area contributed by atoms with E-state index in [0.29, 0.717) is 16.9 Å². The van der Waals surface area contributed by atoms with Gasteiger partial charge >= 0.3 is 17.6 Å².